The van der Waals surface area contributed by atoms with E-state index in [0.29, 0.717) is 0 Å². The second-order valence-electron chi connectivity index (χ2n) is 2.59. The topological polar surface area (TPSA) is 38.9 Å². The molecule has 0 fully saturated rings. The second-order valence-corrected chi connectivity index (χ2v) is 2.59. The number of halogens is 3. The molecule has 0 saturated heterocycles. The quantitative estimate of drug-likeness (QED) is 0.734. The number of alkyl halides is 2. The molecule has 1 atom stereocenters. The summed E-state index contributed by atoms with van der Waals surface area (Å²) in [5.74, 6) is -1.75. The Morgan fingerprint density at radius 2 is 2.08 bits per heavy atom. The first-order valence-corrected chi connectivity index (χ1v) is 3.75. The van der Waals surface area contributed by atoms with Crippen molar-refractivity contribution in [3.05, 3.63) is 29.8 Å². The molecule has 2 nitrogen and oxygen atoms in total. The van der Waals surface area contributed by atoms with Crippen molar-refractivity contribution < 1.29 is 13.2 Å². The fourth-order valence-electron chi connectivity index (χ4n) is 0.991. The molecule has 0 aromatic carbocycles. The largest absolute Gasteiger partial charge is 0.330 e. The van der Waals surface area contributed by atoms with E-state index < -0.39 is 18.3 Å². The summed E-state index contributed by atoms with van der Waals surface area (Å²) in [6.07, 6.45) is -1.46. The first-order chi connectivity index (χ1) is 6.15. The fraction of sp³-hybridized carbons (Fsp3) is 0.375. The van der Waals surface area contributed by atoms with Crippen molar-refractivity contribution >= 4 is 0 Å². The molecule has 0 amide bonds. The Morgan fingerprint density at radius 3 is 2.46 bits per heavy atom. The van der Waals surface area contributed by atoms with E-state index in [0.717, 1.165) is 12.3 Å². The van der Waals surface area contributed by atoms with E-state index in [1.165, 1.54) is 6.07 Å². The van der Waals surface area contributed by atoms with Crippen LogP contribution in [0.5, 0.6) is 0 Å². The molecule has 5 heteroatoms. The Balaban J connectivity index is 2.86. The van der Waals surface area contributed by atoms with Crippen LogP contribution < -0.4 is 5.73 Å². The van der Waals surface area contributed by atoms with Crippen LogP contribution in [-0.2, 0) is 0 Å². The average Bonchev–Trinajstić information content (AvgIpc) is 2.09. The van der Waals surface area contributed by atoms with Crippen LogP contribution in [0, 0.1) is 5.95 Å². The monoisotopic (exact) mass is 190 g/mol. The van der Waals surface area contributed by atoms with Crippen LogP contribution in [0.15, 0.2) is 18.3 Å². The number of rotatable bonds is 3. The standard InChI is InChI=1S/C8H9F3N2/c9-7-2-1-5(4-13-7)6(3-12)8(10)11/h1-2,4,6,8H,3,12H2. The predicted octanol–water partition coefficient (Wildman–Crippen LogP) is 1.53. The smallest absolute Gasteiger partial charge is 0.246 e. The highest BCUT2D eigenvalue weighted by Crippen LogP contribution is 2.21. The molecule has 0 radical (unpaired) electrons. The third-order valence-electron chi connectivity index (χ3n) is 1.74. The minimum atomic E-state index is -2.54. The van der Waals surface area contributed by atoms with Gasteiger partial charge in [-0.2, -0.15) is 4.39 Å². The maximum Gasteiger partial charge on any atom is 0.246 e. The Bertz CT molecular complexity index is 261. The highest BCUT2D eigenvalue weighted by atomic mass is 19.3. The Hall–Kier alpha value is -1.10. The van der Waals surface area contributed by atoms with Crippen LogP contribution in [0.1, 0.15) is 11.5 Å². The molecule has 1 heterocycles. The van der Waals surface area contributed by atoms with Crippen molar-refractivity contribution in [2.24, 2.45) is 5.73 Å². The lowest BCUT2D eigenvalue weighted by atomic mass is 10.0. The van der Waals surface area contributed by atoms with Gasteiger partial charge in [-0.05, 0) is 11.6 Å². The molecule has 1 aromatic heterocycles. The number of hydrogen-bond donors (Lipinski definition) is 1. The molecule has 1 aromatic rings. The minimum Gasteiger partial charge on any atom is -0.330 e. The number of aromatic nitrogens is 1. The van der Waals surface area contributed by atoms with Crippen molar-refractivity contribution in [1.29, 1.82) is 0 Å². The van der Waals surface area contributed by atoms with Crippen LogP contribution in [-0.4, -0.2) is 18.0 Å². The van der Waals surface area contributed by atoms with Crippen molar-refractivity contribution in [2.75, 3.05) is 6.54 Å². The molecule has 0 aliphatic heterocycles. The van der Waals surface area contributed by atoms with Gasteiger partial charge in [0.15, 0.2) is 0 Å². The lowest BCUT2D eigenvalue weighted by Gasteiger charge is -2.12. The molecule has 1 rings (SSSR count). The number of hydrogen-bond acceptors (Lipinski definition) is 2. The molecule has 2 N–H and O–H groups in total. The third-order valence-corrected chi connectivity index (χ3v) is 1.74. The molecule has 0 aliphatic rings. The minimum absolute atomic E-state index is 0.176. The SMILES string of the molecule is NCC(c1ccc(F)nc1)C(F)F. The lowest BCUT2D eigenvalue weighted by molar-refractivity contribution is 0.117. The summed E-state index contributed by atoms with van der Waals surface area (Å²) < 4.78 is 36.9. The first-order valence-electron chi connectivity index (χ1n) is 3.75. The van der Waals surface area contributed by atoms with E-state index in [2.05, 4.69) is 4.98 Å². The van der Waals surface area contributed by atoms with E-state index in [9.17, 15) is 13.2 Å². The summed E-state index contributed by atoms with van der Waals surface area (Å²) in [7, 11) is 0. The molecular weight excluding hydrogens is 181 g/mol. The lowest BCUT2D eigenvalue weighted by Crippen LogP contribution is -2.19. The van der Waals surface area contributed by atoms with Gasteiger partial charge in [-0.15, -0.1) is 0 Å². The molecule has 13 heavy (non-hydrogen) atoms. The zero-order valence-electron chi connectivity index (χ0n) is 6.75. The van der Waals surface area contributed by atoms with Gasteiger partial charge in [0.1, 0.15) is 0 Å². The normalized spacial score (nSPS) is 13.3. The number of nitrogens with zero attached hydrogens (tertiary/aromatic N) is 1. The van der Waals surface area contributed by atoms with E-state index in [-0.39, 0.29) is 12.1 Å². The molecule has 1 unspecified atom stereocenters. The second kappa shape index (κ2) is 4.23. The van der Waals surface area contributed by atoms with Gasteiger partial charge in [0.05, 0.1) is 5.92 Å². The number of nitrogens with two attached hydrogens (primary N) is 1. The molecule has 0 saturated carbocycles. The van der Waals surface area contributed by atoms with Crippen molar-refractivity contribution in [2.45, 2.75) is 12.3 Å². The van der Waals surface area contributed by atoms with E-state index in [1.54, 1.807) is 0 Å². The van der Waals surface area contributed by atoms with Crippen LogP contribution in [0.2, 0.25) is 0 Å². The van der Waals surface area contributed by atoms with Gasteiger partial charge in [-0.1, -0.05) is 6.07 Å². The van der Waals surface area contributed by atoms with E-state index >= 15 is 0 Å². The molecular formula is C8H9F3N2. The highest BCUT2D eigenvalue weighted by Gasteiger charge is 2.20. The van der Waals surface area contributed by atoms with Crippen molar-refractivity contribution in [1.82, 2.24) is 4.98 Å². The van der Waals surface area contributed by atoms with Crippen LogP contribution in [0.4, 0.5) is 13.2 Å². The van der Waals surface area contributed by atoms with Crippen LogP contribution in [0.3, 0.4) is 0 Å². The van der Waals surface area contributed by atoms with Gasteiger partial charge in [-0.3, -0.25) is 0 Å². The van der Waals surface area contributed by atoms with Crippen LogP contribution >= 0.6 is 0 Å². The van der Waals surface area contributed by atoms with Gasteiger partial charge >= 0.3 is 0 Å². The summed E-state index contributed by atoms with van der Waals surface area (Å²) in [5, 5.41) is 0. The van der Waals surface area contributed by atoms with Gasteiger partial charge in [-0.25, -0.2) is 13.8 Å². The number of pyridine rings is 1. The Kier molecular flexibility index (Phi) is 3.25. The summed E-state index contributed by atoms with van der Waals surface area (Å²) >= 11 is 0. The molecule has 0 bridgehead atoms. The molecule has 72 valence electrons. The van der Waals surface area contributed by atoms with Gasteiger partial charge in [0.25, 0.3) is 0 Å². The zero-order chi connectivity index (χ0) is 9.84. The predicted molar refractivity (Wildman–Crippen MR) is 42.0 cm³/mol. The van der Waals surface area contributed by atoms with Crippen LogP contribution in [0.25, 0.3) is 0 Å². The van der Waals surface area contributed by atoms with E-state index in [1.807, 2.05) is 0 Å². The summed E-state index contributed by atoms with van der Waals surface area (Å²) in [6, 6.07) is 2.31. The Labute approximate surface area is 73.6 Å². The third kappa shape index (κ3) is 2.42. The highest BCUT2D eigenvalue weighted by molar-refractivity contribution is 5.16. The van der Waals surface area contributed by atoms with Gasteiger partial charge in [0, 0.05) is 12.7 Å². The van der Waals surface area contributed by atoms with Crippen molar-refractivity contribution in [3.8, 4) is 0 Å². The fourth-order valence-corrected chi connectivity index (χ4v) is 0.991. The zero-order valence-corrected chi connectivity index (χ0v) is 6.75. The molecule has 0 aliphatic carbocycles. The van der Waals surface area contributed by atoms with Crippen molar-refractivity contribution in [3.63, 3.8) is 0 Å². The maximum atomic E-state index is 12.3. The summed E-state index contributed by atoms with van der Waals surface area (Å²) in [6.45, 7) is -0.176. The van der Waals surface area contributed by atoms with Gasteiger partial charge < -0.3 is 5.73 Å². The first kappa shape index (κ1) is 9.98. The Morgan fingerprint density at radius 1 is 1.38 bits per heavy atom. The van der Waals surface area contributed by atoms with E-state index in [4.69, 9.17) is 5.73 Å². The van der Waals surface area contributed by atoms with Gasteiger partial charge in [0.2, 0.25) is 12.4 Å². The summed E-state index contributed by atoms with van der Waals surface area (Å²) in [5.41, 5.74) is 5.41. The summed E-state index contributed by atoms with van der Waals surface area (Å²) in [4.78, 5) is 3.27. The maximum absolute atomic E-state index is 12.3. The average molecular weight is 190 g/mol. The molecule has 0 spiro atoms.